The molecule has 1 N–H and O–H groups in total. The van der Waals surface area contributed by atoms with Crippen LogP contribution < -0.4 is 5.32 Å². The van der Waals surface area contributed by atoms with Gasteiger partial charge in [-0.25, -0.2) is 9.97 Å². The zero-order chi connectivity index (χ0) is 10.2. The van der Waals surface area contributed by atoms with Gasteiger partial charge in [0.25, 0.3) is 0 Å². The van der Waals surface area contributed by atoms with E-state index < -0.39 is 0 Å². The summed E-state index contributed by atoms with van der Waals surface area (Å²) < 4.78 is 0. The monoisotopic (exact) mass is 191 g/mol. The fraction of sp³-hybridized carbons (Fsp3) is 0.455. The molecule has 1 atom stereocenters. The molecule has 0 saturated carbocycles. The molecule has 0 spiro atoms. The summed E-state index contributed by atoms with van der Waals surface area (Å²) in [5.41, 5.74) is 0. The van der Waals surface area contributed by atoms with E-state index in [0.29, 0.717) is 0 Å². The van der Waals surface area contributed by atoms with Gasteiger partial charge in [0.05, 0.1) is 6.04 Å². The second-order valence-electron chi connectivity index (χ2n) is 3.09. The van der Waals surface area contributed by atoms with Gasteiger partial charge in [0, 0.05) is 12.4 Å². The van der Waals surface area contributed by atoms with Crippen molar-refractivity contribution in [3.05, 3.63) is 36.4 Å². The van der Waals surface area contributed by atoms with Crippen LogP contribution in [0.2, 0.25) is 0 Å². The molecule has 1 aromatic rings. The number of nitrogens with one attached hydrogen (secondary N) is 1. The SMILES string of the molecule is C/C=C\CCC(NC)c1ncccn1. The van der Waals surface area contributed by atoms with Gasteiger partial charge in [-0.2, -0.15) is 0 Å². The minimum atomic E-state index is 0.257. The third-order valence-electron chi connectivity index (χ3n) is 2.10. The first-order chi connectivity index (χ1) is 6.88. The van der Waals surface area contributed by atoms with Gasteiger partial charge < -0.3 is 5.32 Å². The van der Waals surface area contributed by atoms with Crippen LogP contribution in [0.15, 0.2) is 30.6 Å². The number of allylic oxidation sites excluding steroid dienone is 2. The largest absolute Gasteiger partial charge is 0.310 e. The lowest BCUT2D eigenvalue weighted by Crippen LogP contribution is -2.18. The van der Waals surface area contributed by atoms with Crippen molar-refractivity contribution < 1.29 is 0 Å². The van der Waals surface area contributed by atoms with Gasteiger partial charge in [-0.1, -0.05) is 12.2 Å². The van der Waals surface area contributed by atoms with E-state index in [2.05, 4.69) is 27.4 Å². The van der Waals surface area contributed by atoms with Gasteiger partial charge >= 0.3 is 0 Å². The molecule has 0 saturated heterocycles. The average molecular weight is 191 g/mol. The number of hydrogen-bond acceptors (Lipinski definition) is 3. The maximum atomic E-state index is 4.23. The summed E-state index contributed by atoms with van der Waals surface area (Å²) in [5, 5.41) is 3.22. The normalized spacial score (nSPS) is 13.3. The Morgan fingerprint density at radius 3 is 2.71 bits per heavy atom. The first-order valence-electron chi connectivity index (χ1n) is 4.93. The molecule has 0 aliphatic rings. The zero-order valence-electron chi connectivity index (χ0n) is 8.77. The molecule has 1 aromatic heterocycles. The second kappa shape index (κ2) is 6.27. The molecule has 0 aliphatic heterocycles. The molecule has 0 aromatic carbocycles. The minimum absolute atomic E-state index is 0.257. The number of nitrogens with zero attached hydrogens (tertiary/aromatic N) is 2. The lowest BCUT2D eigenvalue weighted by Gasteiger charge is -2.12. The van der Waals surface area contributed by atoms with E-state index in [1.807, 2.05) is 20.0 Å². The van der Waals surface area contributed by atoms with Crippen LogP contribution in [-0.4, -0.2) is 17.0 Å². The zero-order valence-corrected chi connectivity index (χ0v) is 8.77. The maximum absolute atomic E-state index is 4.23. The van der Waals surface area contributed by atoms with E-state index in [9.17, 15) is 0 Å². The Morgan fingerprint density at radius 2 is 2.14 bits per heavy atom. The van der Waals surface area contributed by atoms with Crippen LogP contribution in [0.4, 0.5) is 0 Å². The highest BCUT2D eigenvalue weighted by Gasteiger charge is 2.09. The molecular weight excluding hydrogens is 174 g/mol. The van der Waals surface area contributed by atoms with Crippen LogP contribution in [0, 0.1) is 0 Å². The minimum Gasteiger partial charge on any atom is -0.310 e. The molecule has 0 aliphatic carbocycles. The van der Waals surface area contributed by atoms with Gasteiger partial charge in [0.1, 0.15) is 5.82 Å². The molecule has 1 heterocycles. The smallest absolute Gasteiger partial charge is 0.145 e. The quantitative estimate of drug-likeness (QED) is 0.724. The Labute approximate surface area is 85.3 Å². The Kier molecular flexibility index (Phi) is 4.86. The third-order valence-corrected chi connectivity index (χ3v) is 2.10. The number of aromatic nitrogens is 2. The van der Waals surface area contributed by atoms with Crippen molar-refractivity contribution in [3.8, 4) is 0 Å². The van der Waals surface area contributed by atoms with E-state index in [1.165, 1.54) is 0 Å². The predicted octanol–water partition coefficient (Wildman–Crippen LogP) is 2.09. The molecule has 3 heteroatoms. The average Bonchev–Trinajstić information content (AvgIpc) is 2.26. The highest BCUT2D eigenvalue weighted by molar-refractivity contribution is 4.96. The molecular formula is C11H17N3. The molecule has 76 valence electrons. The van der Waals surface area contributed by atoms with E-state index in [4.69, 9.17) is 0 Å². The Morgan fingerprint density at radius 1 is 1.43 bits per heavy atom. The van der Waals surface area contributed by atoms with Crippen LogP contribution in [0.1, 0.15) is 31.6 Å². The van der Waals surface area contributed by atoms with E-state index in [1.54, 1.807) is 12.4 Å². The van der Waals surface area contributed by atoms with Gasteiger partial charge in [-0.3, -0.25) is 0 Å². The second-order valence-corrected chi connectivity index (χ2v) is 3.09. The van der Waals surface area contributed by atoms with Crippen molar-refractivity contribution in [2.24, 2.45) is 0 Å². The van der Waals surface area contributed by atoms with Crippen LogP contribution in [0.25, 0.3) is 0 Å². The van der Waals surface area contributed by atoms with Crippen molar-refractivity contribution in [1.82, 2.24) is 15.3 Å². The fourth-order valence-electron chi connectivity index (χ4n) is 1.32. The standard InChI is InChI=1S/C11H17N3/c1-3-4-5-7-10(12-2)11-13-8-6-9-14-11/h3-4,6,8-10,12H,5,7H2,1-2H3/b4-3-. The lowest BCUT2D eigenvalue weighted by molar-refractivity contribution is 0.524. The number of hydrogen-bond donors (Lipinski definition) is 1. The highest BCUT2D eigenvalue weighted by Crippen LogP contribution is 2.13. The maximum Gasteiger partial charge on any atom is 0.145 e. The molecule has 3 nitrogen and oxygen atoms in total. The van der Waals surface area contributed by atoms with E-state index >= 15 is 0 Å². The van der Waals surface area contributed by atoms with Gasteiger partial charge in [0.15, 0.2) is 0 Å². The first-order valence-corrected chi connectivity index (χ1v) is 4.93. The van der Waals surface area contributed by atoms with E-state index in [-0.39, 0.29) is 6.04 Å². The topological polar surface area (TPSA) is 37.8 Å². The molecule has 14 heavy (non-hydrogen) atoms. The summed E-state index contributed by atoms with van der Waals surface area (Å²) in [5.74, 6) is 0.875. The first kappa shape index (κ1) is 10.9. The van der Waals surface area contributed by atoms with Gasteiger partial charge in [-0.05, 0) is 32.9 Å². The highest BCUT2D eigenvalue weighted by atomic mass is 15.0. The van der Waals surface area contributed by atoms with Crippen molar-refractivity contribution >= 4 is 0 Å². The van der Waals surface area contributed by atoms with Crippen LogP contribution in [-0.2, 0) is 0 Å². The molecule has 0 fully saturated rings. The molecule has 0 amide bonds. The molecule has 1 rings (SSSR count). The van der Waals surface area contributed by atoms with Crippen LogP contribution >= 0.6 is 0 Å². The summed E-state index contributed by atoms with van der Waals surface area (Å²) in [6.07, 6.45) is 9.88. The van der Waals surface area contributed by atoms with Crippen molar-refractivity contribution in [1.29, 1.82) is 0 Å². The number of rotatable bonds is 5. The molecule has 1 unspecified atom stereocenters. The Balaban J connectivity index is 2.54. The van der Waals surface area contributed by atoms with Crippen molar-refractivity contribution in [2.75, 3.05) is 7.05 Å². The van der Waals surface area contributed by atoms with Crippen LogP contribution in [0.5, 0.6) is 0 Å². The van der Waals surface area contributed by atoms with E-state index in [0.717, 1.165) is 18.7 Å². The summed E-state index contributed by atoms with van der Waals surface area (Å²) in [6, 6.07) is 2.09. The summed E-state index contributed by atoms with van der Waals surface area (Å²) in [7, 11) is 1.94. The molecule has 0 bridgehead atoms. The molecule has 0 radical (unpaired) electrons. The predicted molar refractivity (Wildman–Crippen MR) is 57.9 cm³/mol. The van der Waals surface area contributed by atoms with Crippen molar-refractivity contribution in [3.63, 3.8) is 0 Å². The Hall–Kier alpha value is -1.22. The Bertz CT molecular complexity index is 269. The van der Waals surface area contributed by atoms with Gasteiger partial charge in [0.2, 0.25) is 0 Å². The lowest BCUT2D eigenvalue weighted by atomic mass is 10.1. The van der Waals surface area contributed by atoms with Gasteiger partial charge in [-0.15, -0.1) is 0 Å². The summed E-state index contributed by atoms with van der Waals surface area (Å²) >= 11 is 0. The van der Waals surface area contributed by atoms with Crippen molar-refractivity contribution in [2.45, 2.75) is 25.8 Å². The summed E-state index contributed by atoms with van der Waals surface area (Å²) in [4.78, 5) is 8.46. The fourth-order valence-corrected chi connectivity index (χ4v) is 1.32. The third kappa shape index (κ3) is 3.26. The van der Waals surface area contributed by atoms with Crippen LogP contribution in [0.3, 0.4) is 0 Å². The summed E-state index contributed by atoms with van der Waals surface area (Å²) in [6.45, 7) is 2.04.